The lowest BCUT2D eigenvalue weighted by Gasteiger charge is -2.04. The summed E-state index contributed by atoms with van der Waals surface area (Å²) in [7, 11) is 0. The van der Waals surface area contributed by atoms with Gasteiger partial charge in [0.15, 0.2) is 6.61 Å². The minimum Gasteiger partial charge on any atom is -0.452 e. The molecule has 0 atom stereocenters. The Morgan fingerprint density at radius 3 is 2.90 bits per heavy atom. The Labute approximate surface area is 131 Å². The normalized spacial score (nSPS) is 10.6. The molecule has 0 aliphatic heterocycles. The number of esters is 1. The van der Waals surface area contributed by atoms with E-state index in [1.165, 1.54) is 18.2 Å². The molecule has 0 unspecified atom stereocenters. The molecule has 0 fully saturated rings. The summed E-state index contributed by atoms with van der Waals surface area (Å²) in [5.41, 5.74) is 0.258. The minimum absolute atomic E-state index is 0.258. The summed E-state index contributed by atoms with van der Waals surface area (Å²) in [4.78, 5) is 22.7. The van der Waals surface area contributed by atoms with Gasteiger partial charge in [0.1, 0.15) is 5.82 Å². The summed E-state index contributed by atoms with van der Waals surface area (Å²) in [5, 5.41) is 2.62. The van der Waals surface area contributed by atoms with Crippen molar-refractivity contribution in [3.05, 3.63) is 40.1 Å². The summed E-state index contributed by atoms with van der Waals surface area (Å²) >= 11 is 3.21. The van der Waals surface area contributed by atoms with Gasteiger partial charge in [0.05, 0.1) is 0 Å². The van der Waals surface area contributed by atoms with E-state index in [4.69, 9.17) is 4.74 Å². The molecule has 0 bridgehead atoms. The van der Waals surface area contributed by atoms with Gasteiger partial charge in [-0.3, -0.25) is 4.79 Å². The van der Waals surface area contributed by atoms with Crippen molar-refractivity contribution in [1.29, 1.82) is 0 Å². The summed E-state index contributed by atoms with van der Waals surface area (Å²) in [5.74, 6) is -1.49. The third-order valence-corrected chi connectivity index (χ3v) is 3.05. The van der Waals surface area contributed by atoms with E-state index in [-0.39, 0.29) is 18.1 Å². The second-order valence-electron chi connectivity index (χ2n) is 4.31. The molecule has 0 saturated carbocycles. The van der Waals surface area contributed by atoms with Crippen LogP contribution in [0.25, 0.3) is 6.08 Å². The van der Waals surface area contributed by atoms with Crippen molar-refractivity contribution >= 4 is 33.9 Å². The topological polar surface area (TPSA) is 55.4 Å². The van der Waals surface area contributed by atoms with Crippen molar-refractivity contribution in [3.8, 4) is 0 Å². The van der Waals surface area contributed by atoms with E-state index < -0.39 is 11.8 Å². The average molecular weight is 358 g/mol. The molecule has 1 amide bonds. The first-order valence-corrected chi connectivity index (χ1v) is 7.38. The molecular formula is C15H17BrFNO3. The van der Waals surface area contributed by atoms with Crippen molar-refractivity contribution < 1.29 is 18.7 Å². The Bertz CT molecular complexity index is 532. The van der Waals surface area contributed by atoms with Gasteiger partial charge in [0.25, 0.3) is 5.91 Å². The van der Waals surface area contributed by atoms with Gasteiger partial charge in [-0.25, -0.2) is 9.18 Å². The first-order chi connectivity index (χ1) is 10.0. The smallest absolute Gasteiger partial charge is 0.331 e. The molecule has 1 N–H and O–H groups in total. The number of rotatable bonds is 7. The second kappa shape index (κ2) is 9.28. The van der Waals surface area contributed by atoms with Gasteiger partial charge in [-0.2, -0.15) is 0 Å². The number of ether oxygens (including phenoxy) is 1. The number of carbonyl (C=O) groups is 2. The number of halogens is 2. The Balaban J connectivity index is 2.41. The van der Waals surface area contributed by atoms with Crippen LogP contribution in [0.15, 0.2) is 28.7 Å². The molecule has 1 aromatic rings. The van der Waals surface area contributed by atoms with E-state index in [2.05, 4.69) is 21.2 Å². The highest BCUT2D eigenvalue weighted by Gasteiger charge is 2.05. The van der Waals surface area contributed by atoms with Gasteiger partial charge >= 0.3 is 5.97 Å². The summed E-state index contributed by atoms with van der Waals surface area (Å²) in [6, 6.07) is 4.39. The molecule has 0 aromatic heterocycles. The number of unbranched alkanes of at least 4 members (excludes halogenated alkanes) is 1. The number of benzene rings is 1. The van der Waals surface area contributed by atoms with E-state index >= 15 is 0 Å². The first kappa shape index (κ1) is 17.4. The Morgan fingerprint density at radius 2 is 2.19 bits per heavy atom. The highest BCUT2D eigenvalue weighted by atomic mass is 79.9. The lowest BCUT2D eigenvalue weighted by Crippen LogP contribution is -2.29. The molecule has 1 rings (SSSR count). The fourth-order valence-electron chi connectivity index (χ4n) is 1.44. The lowest BCUT2D eigenvalue weighted by molar-refractivity contribution is -0.143. The maximum absolute atomic E-state index is 13.4. The molecule has 0 heterocycles. The van der Waals surface area contributed by atoms with Crippen molar-refractivity contribution in [3.63, 3.8) is 0 Å². The third kappa shape index (κ3) is 7.04. The Kier molecular flexibility index (Phi) is 7.68. The van der Waals surface area contributed by atoms with E-state index in [1.54, 1.807) is 6.07 Å². The lowest BCUT2D eigenvalue weighted by atomic mass is 10.2. The Morgan fingerprint density at radius 1 is 1.43 bits per heavy atom. The largest absolute Gasteiger partial charge is 0.452 e. The number of amides is 1. The molecule has 0 aliphatic rings. The Hall–Kier alpha value is -1.69. The van der Waals surface area contributed by atoms with Crippen LogP contribution in [0.1, 0.15) is 25.3 Å². The highest BCUT2D eigenvalue weighted by molar-refractivity contribution is 9.10. The van der Waals surface area contributed by atoms with Gasteiger partial charge in [-0.1, -0.05) is 29.3 Å². The average Bonchev–Trinajstić information content (AvgIpc) is 2.46. The van der Waals surface area contributed by atoms with E-state index in [0.29, 0.717) is 11.0 Å². The van der Waals surface area contributed by atoms with E-state index in [9.17, 15) is 14.0 Å². The monoisotopic (exact) mass is 357 g/mol. The van der Waals surface area contributed by atoms with Gasteiger partial charge in [-0.05, 0) is 30.7 Å². The zero-order valence-electron chi connectivity index (χ0n) is 11.7. The standard InChI is InChI=1S/C15H17BrFNO3/c1-2-3-8-18-14(19)10-21-15(20)7-4-11-9-12(16)5-6-13(11)17/h4-7,9H,2-3,8,10H2,1H3,(H,18,19)/b7-4+. The third-order valence-electron chi connectivity index (χ3n) is 2.56. The molecule has 6 heteroatoms. The molecule has 0 aliphatic carbocycles. The zero-order valence-corrected chi connectivity index (χ0v) is 13.3. The van der Waals surface area contributed by atoms with Crippen LogP contribution < -0.4 is 5.32 Å². The van der Waals surface area contributed by atoms with Crippen LogP contribution in [0.4, 0.5) is 4.39 Å². The number of hydrogen-bond acceptors (Lipinski definition) is 3. The molecule has 1 aromatic carbocycles. The number of nitrogens with one attached hydrogen (secondary N) is 1. The zero-order chi connectivity index (χ0) is 15.7. The summed E-state index contributed by atoms with van der Waals surface area (Å²) in [6.45, 7) is 2.23. The number of carbonyl (C=O) groups excluding carboxylic acids is 2. The van der Waals surface area contributed by atoms with Crippen molar-refractivity contribution in [2.45, 2.75) is 19.8 Å². The molecule has 0 radical (unpaired) electrons. The van der Waals surface area contributed by atoms with Gasteiger partial charge in [0.2, 0.25) is 0 Å². The van der Waals surface area contributed by atoms with E-state index in [0.717, 1.165) is 18.9 Å². The predicted molar refractivity (Wildman–Crippen MR) is 82.0 cm³/mol. The van der Waals surface area contributed by atoms with Crippen LogP contribution in [0, 0.1) is 5.82 Å². The van der Waals surface area contributed by atoms with Crippen molar-refractivity contribution in [2.24, 2.45) is 0 Å². The fraction of sp³-hybridized carbons (Fsp3) is 0.333. The van der Waals surface area contributed by atoms with Crippen molar-refractivity contribution in [1.82, 2.24) is 5.32 Å². The molecule has 21 heavy (non-hydrogen) atoms. The van der Waals surface area contributed by atoms with Crippen LogP contribution in [0.5, 0.6) is 0 Å². The van der Waals surface area contributed by atoms with Gasteiger partial charge in [0, 0.05) is 22.7 Å². The van der Waals surface area contributed by atoms with Crippen molar-refractivity contribution in [2.75, 3.05) is 13.2 Å². The van der Waals surface area contributed by atoms with Crippen LogP contribution in [0.2, 0.25) is 0 Å². The van der Waals surface area contributed by atoms with Crippen LogP contribution in [-0.4, -0.2) is 25.0 Å². The maximum atomic E-state index is 13.4. The van der Waals surface area contributed by atoms with Gasteiger partial charge < -0.3 is 10.1 Å². The molecule has 4 nitrogen and oxygen atoms in total. The second-order valence-corrected chi connectivity index (χ2v) is 5.23. The summed E-state index contributed by atoms with van der Waals surface area (Å²) in [6.07, 6.45) is 4.24. The molecular weight excluding hydrogens is 341 g/mol. The first-order valence-electron chi connectivity index (χ1n) is 6.59. The van der Waals surface area contributed by atoms with Crippen LogP contribution in [-0.2, 0) is 14.3 Å². The van der Waals surface area contributed by atoms with Gasteiger partial charge in [-0.15, -0.1) is 0 Å². The fourth-order valence-corrected chi connectivity index (χ4v) is 1.82. The van der Waals surface area contributed by atoms with Crippen LogP contribution >= 0.6 is 15.9 Å². The molecule has 0 saturated heterocycles. The highest BCUT2D eigenvalue weighted by Crippen LogP contribution is 2.16. The summed E-state index contributed by atoms with van der Waals surface area (Å²) < 4.78 is 18.9. The predicted octanol–water partition coefficient (Wildman–Crippen LogP) is 3.06. The molecule has 114 valence electrons. The quantitative estimate of drug-likeness (QED) is 0.463. The number of hydrogen-bond donors (Lipinski definition) is 1. The minimum atomic E-state index is -0.694. The van der Waals surface area contributed by atoms with E-state index in [1.807, 2.05) is 6.92 Å². The SMILES string of the molecule is CCCCNC(=O)COC(=O)/C=C/c1cc(Br)ccc1F. The molecule has 0 spiro atoms. The maximum Gasteiger partial charge on any atom is 0.331 e. The van der Waals surface area contributed by atoms with Crippen LogP contribution in [0.3, 0.4) is 0 Å².